The third-order valence-electron chi connectivity index (χ3n) is 5.85. The molecule has 3 atom stereocenters. The van der Waals surface area contributed by atoms with Gasteiger partial charge in [0, 0.05) is 12.6 Å². The first-order chi connectivity index (χ1) is 16.9. The van der Waals surface area contributed by atoms with Crippen molar-refractivity contribution in [1.29, 1.82) is 0 Å². The molecule has 10 heteroatoms. The van der Waals surface area contributed by atoms with Crippen LogP contribution >= 0.6 is 0 Å². The van der Waals surface area contributed by atoms with Crippen LogP contribution in [0.25, 0.3) is 0 Å². The first kappa shape index (κ1) is 27.5. The Kier molecular flexibility index (Phi) is 8.63. The lowest BCUT2D eigenvalue weighted by Crippen LogP contribution is -2.51. The van der Waals surface area contributed by atoms with E-state index in [0.29, 0.717) is 25.1 Å². The smallest absolute Gasteiger partial charge is 0.410 e. The maximum Gasteiger partial charge on any atom is 0.410 e. The van der Waals surface area contributed by atoms with Crippen molar-refractivity contribution in [3.8, 4) is 5.75 Å². The molecular formula is C26H35N3O6S. The standard InChI is InChI=1S/C26H35N3O6S/c1-18(28-36(32,33)21-15-13-20(34-5)14-16-21)23(19-10-7-6-8-11-19)27-24(30)22-12-9-17-29(22)25(31)35-26(2,3)4/h6-8,10-11,13-16,18,22-23,28H,9,12,17H2,1-5H3,(H,27,30)/t18-,22+,23-/m1/s1. The Morgan fingerprint density at radius 2 is 1.69 bits per heavy atom. The van der Waals surface area contributed by atoms with Crippen LogP contribution in [0.3, 0.4) is 0 Å². The molecule has 2 amide bonds. The molecule has 1 aliphatic heterocycles. The number of benzene rings is 2. The maximum atomic E-state index is 13.4. The van der Waals surface area contributed by atoms with Gasteiger partial charge in [-0.3, -0.25) is 9.69 Å². The van der Waals surface area contributed by atoms with Crippen LogP contribution in [0.2, 0.25) is 0 Å². The number of hydrogen-bond acceptors (Lipinski definition) is 6. The Bertz CT molecular complexity index is 1150. The fraction of sp³-hybridized carbons (Fsp3) is 0.462. The van der Waals surface area contributed by atoms with E-state index in [1.165, 1.54) is 24.1 Å². The second-order valence-corrected chi connectivity index (χ2v) is 11.5. The number of methoxy groups -OCH3 is 1. The van der Waals surface area contributed by atoms with Gasteiger partial charge in [0.05, 0.1) is 18.0 Å². The van der Waals surface area contributed by atoms with Crippen molar-refractivity contribution >= 4 is 22.0 Å². The van der Waals surface area contributed by atoms with E-state index in [0.717, 1.165) is 5.56 Å². The zero-order valence-corrected chi connectivity index (χ0v) is 22.2. The molecule has 1 fully saturated rings. The van der Waals surface area contributed by atoms with Gasteiger partial charge in [0.1, 0.15) is 17.4 Å². The fourth-order valence-electron chi connectivity index (χ4n) is 4.12. The van der Waals surface area contributed by atoms with Gasteiger partial charge in [0.25, 0.3) is 0 Å². The van der Waals surface area contributed by atoms with Gasteiger partial charge in [-0.25, -0.2) is 17.9 Å². The number of amides is 2. The molecule has 3 rings (SSSR count). The Morgan fingerprint density at radius 3 is 2.28 bits per heavy atom. The normalized spacial score (nSPS) is 17.8. The van der Waals surface area contributed by atoms with Crippen molar-refractivity contribution < 1.29 is 27.5 Å². The molecular weight excluding hydrogens is 482 g/mol. The monoisotopic (exact) mass is 517 g/mol. The number of rotatable bonds is 8. The number of likely N-dealkylation sites (tertiary alicyclic amines) is 1. The van der Waals surface area contributed by atoms with Gasteiger partial charge in [-0.1, -0.05) is 30.3 Å². The summed E-state index contributed by atoms with van der Waals surface area (Å²) in [5, 5.41) is 2.98. The topological polar surface area (TPSA) is 114 Å². The van der Waals surface area contributed by atoms with Gasteiger partial charge in [-0.2, -0.15) is 0 Å². The summed E-state index contributed by atoms with van der Waals surface area (Å²) in [5.74, 6) is 0.185. The summed E-state index contributed by atoms with van der Waals surface area (Å²) in [5.41, 5.74) is 0.0548. The summed E-state index contributed by atoms with van der Waals surface area (Å²) >= 11 is 0. The van der Waals surface area contributed by atoms with Crippen LogP contribution in [-0.2, 0) is 19.6 Å². The molecule has 196 valence electrons. The third-order valence-corrected chi connectivity index (χ3v) is 7.43. The van der Waals surface area contributed by atoms with E-state index in [9.17, 15) is 18.0 Å². The lowest BCUT2D eigenvalue weighted by atomic mass is 10.0. The second kappa shape index (κ2) is 11.3. The zero-order chi connectivity index (χ0) is 26.5. The summed E-state index contributed by atoms with van der Waals surface area (Å²) in [4.78, 5) is 27.6. The van der Waals surface area contributed by atoms with Gasteiger partial charge in [-0.15, -0.1) is 0 Å². The van der Waals surface area contributed by atoms with Crippen LogP contribution in [0.15, 0.2) is 59.5 Å². The van der Waals surface area contributed by atoms with Gasteiger partial charge in [0.15, 0.2) is 0 Å². The molecule has 36 heavy (non-hydrogen) atoms. The van der Waals surface area contributed by atoms with E-state index in [-0.39, 0.29) is 10.8 Å². The van der Waals surface area contributed by atoms with Crippen molar-refractivity contribution in [2.45, 2.75) is 69.2 Å². The average Bonchev–Trinajstić information content (AvgIpc) is 3.32. The molecule has 0 unspecified atom stereocenters. The summed E-state index contributed by atoms with van der Waals surface area (Å²) in [6.07, 6.45) is 0.635. The van der Waals surface area contributed by atoms with Crippen LogP contribution < -0.4 is 14.8 Å². The predicted molar refractivity (Wildman–Crippen MR) is 136 cm³/mol. The highest BCUT2D eigenvalue weighted by molar-refractivity contribution is 7.89. The molecule has 0 bridgehead atoms. The van der Waals surface area contributed by atoms with Crippen molar-refractivity contribution in [3.63, 3.8) is 0 Å². The van der Waals surface area contributed by atoms with Gasteiger partial charge < -0.3 is 14.8 Å². The van der Waals surface area contributed by atoms with E-state index in [2.05, 4.69) is 10.0 Å². The molecule has 9 nitrogen and oxygen atoms in total. The number of carbonyl (C=O) groups is 2. The predicted octanol–water partition coefficient (Wildman–Crippen LogP) is 3.62. The van der Waals surface area contributed by atoms with E-state index >= 15 is 0 Å². The van der Waals surface area contributed by atoms with Crippen LogP contribution in [0.1, 0.15) is 52.1 Å². The number of carbonyl (C=O) groups excluding carboxylic acids is 2. The van der Waals surface area contributed by atoms with Crippen molar-refractivity contribution in [2.75, 3.05) is 13.7 Å². The lowest BCUT2D eigenvalue weighted by Gasteiger charge is -2.31. The number of nitrogens with one attached hydrogen (secondary N) is 2. The van der Waals surface area contributed by atoms with E-state index in [4.69, 9.17) is 9.47 Å². The van der Waals surface area contributed by atoms with E-state index < -0.39 is 39.8 Å². The highest BCUT2D eigenvalue weighted by Gasteiger charge is 2.38. The summed E-state index contributed by atoms with van der Waals surface area (Å²) in [6, 6.07) is 13.1. The number of hydrogen-bond donors (Lipinski definition) is 2. The largest absolute Gasteiger partial charge is 0.497 e. The highest BCUT2D eigenvalue weighted by atomic mass is 32.2. The SMILES string of the molecule is COc1ccc(S(=O)(=O)N[C@H](C)[C@@H](NC(=O)[C@@H]2CCCN2C(=O)OC(C)(C)C)c2ccccc2)cc1. The number of ether oxygens (including phenoxy) is 2. The maximum absolute atomic E-state index is 13.4. The fourth-order valence-corrected chi connectivity index (χ4v) is 5.38. The Balaban J connectivity index is 1.80. The molecule has 2 aromatic carbocycles. The van der Waals surface area contributed by atoms with Gasteiger partial charge in [0.2, 0.25) is 15.9 Å². The molecule has 2 N–H and O–H groups in total. The van der Waals surface area contributed by atoms with E-state index in [1.807, 2.05) is 30.3 Å². The molecule has 0 aliphatic carbocycles. The Labute approximate surface area is 213 Å². The van der Waals surface area contributed by atoms with Crippen LogP contribution in [0.5, 0.6) is 5.75 Å². The van der Waals surface area contributed by atoms with Crippen LogP contribution in [-0.4, -0.2) is 56.7 Å². The van der Waals surface area contributed by atoms with Crippen molar-refractivity contribution in [3.05, 3.63) is 60.2 Å². The molecule has 0 saturated carbocycles. The zero-order valence-electron chi connectivity index (χ0n) is 21.4. The molecule has 0 radical (unpaired) electrons. The number of sulfonamides is 1. The molecule has 0 aromatic heterocycles. The first-order valence-electron chi connectivity index (χ1n) is 11.9. The van der Waals surface area contributed by atoms with Gasteiger partial charge in [-0.05, 0) is 70.4 Å². The molecule has 1 aliphatic rings. The summed E-state index contributed by atoms with van der Waals surface area (Å²) in [6.45, 7) is 7.44. The molecule has 1 heterocycles. The van der Waals surface area contributed by atoms with Crippen LogP contribution in [0, 0.1) is 0 Å². The quantitative estimate of drug-likeness (QED) is 0.553. The number of nitrogens with zero attached hydrogens (tertiary/aromatic N) is 1. The van der Waals surface area contributed by atoms with E-state index in [1.54, 1.807) is 39.8 Å². The summed E-state index contributed by atoms with van der Waals surface area (Å²) in [7, 11) is -2.37. The Morgan fingerprint density at radius 1 is 1.06 bits per heavy atom. The second-order valence-electron chi connectivity index (χ2n) is 9.81. The highest BCUT2D eigenvalue weighted by Crippen LogP contribution is 2.24. The minimum absolute atomic E-state index is 0.0835. The minimum Gasteiger partial charge on any atom is -0.497 e. The van der Waals surface area contributed by atoms with Crippen molar-refractivity contribution in [2.24, 2.45) is 0 Å². The molecule has 1 saturated heterocycles. The minimum atomic E-state index is -3.88. The summed E-state index contributed by atoms with van der Waals surface area (Å²) < 4.78 is 39.4. The lowest BCUT2D eigenvalue weighted by molar-refractivity contribution is -0.126. The Hall–Kier alpha value is -3.11. The van der Waals surface area contributed by atoms with Crippen LogP contribution in [0.4, 0.5) is 4.79 Å². The van der Waals surface area contributed by atoms with Gasteiger partial charge >= 0.3 is 6.09 Å². The average molecular weight is 518 g/mol. The molecule has 0 spiro atoms. The third kappa shape index (κ3) is 6.98. The molecule has 2 aromatic rings. The first-order valence-corrected chi connectivity index (χ1v) is 13.4. The van der Waals surface area contributed by atoms with Crippen molar-refractivity contribution in [1.82, 2.24) is 14.9 Å².